The highest BCUT2D eigenvalue weighted by Crippen LogP contribution is 2.35. The van der Waals surface area contributed by atoms with E-state index in [0.717, 1.165) is 17.1 Å². The highest BCUT2D eigenvalue weighted by molar-refractivity contribution is 5.90. The smallest absolute Gasteiger partial charge is 0.162 e. The van der Waals surface area contributed by atoms with E-state index >= 15 is 0 Å². The third-order valence-corrected chi connectivity index (χ3v) is 2.82. The summed E-state index contributed by atoms with van der Waals surface area (Å²) in [5, 5.41) is 0. The van der Waals surface area contributed by atoms with Gasteiger partial charge in [-0.25, -0.2) is 0 Å². The normalized spacial score (nSPS) is 22.1. The number of benzene rings is 1. The van der Waals surface area contributed by atoms with Gasteiger partial charge in [-0.2, -0.15) is 0 Å². The number of carbonyl (C=O) groups is 1. The zero-order chi connectivity index (χ0) is 11.7. The fraction of sp³-hybridized carbons (Fsp3) is 0.308. The van der Waals surface area contributed by atoms with Crippen molar-refractivity contribution >= 4 is 5.78 Å². The first-order chi connectivity index (χ1) is 8.33. The van der Waals surface area contributed by atoms with Crippen LogP contribution in [0.1, 0.15) is 18.1 Å². The van der Waals surface area contributed by atoms with E-state index in [1.54, 1.807) is 0 Å². The van der Waals surface area contributed by atoms with Crippen molar-refractivity contribution in [1.29, 1.82) is 0 Å². The van der Waals surface area contributed by atoms with Crippen LogP contribution in [0.4, 0.5) is 0 Å². The van der Waals surface area contributed by atoms with Gasteiger partial charge in [0.15, 0.2) is 17.3 Å². The topological polar surface area (TPSA) is 44.8 Å². The van der Waals surface area contributed by atoms with Crippen LogP contribution >= 0.6 is 0 Å². The summed E-state index contributed by atoms with van der Waals surface area (Å²) in [7, 11) is 0. The first-order valence-corrected chi connectivity index (χ1v) is 5.57. The predicted octanol–water partition coefficient (Wildman–Crippen LogP) is 2.00. The zero-order valence-electron chi connectivity index (χ0n) is 9.22. The van der Waals surface area contributed by atoms with Crippen molar-refractivity contribution in [1.82, 2.24) is 0 Å². The molecular formula is C13H12O4. The monoisotopic (exact) mass is 232 g/mol. The maximum absolute atomic E-state index is 11.3. The Morgan fingerprint density at radius 3 is 2.76 bits per heavy atom. The highest BCUT2D eigenvalue weighted by Gasteiger charge is 2.21. The molecule has 1 unspecified atom stereocenters. The Kier molecular flexibility index (Phi) is 2.48. The van der Waals surface area contributed by atoms with Gasteiger partial charge in [-0.3, -0.25) is 4.79 Å². The lowest BCUT2D eigenvalue weighted by atomic mass is 10.0. The first kappa shape index (κ1) is 10.2. The zero-order valence-corrected chi connectivity index (χ0v) is 9.22. The van der Waals surface area contributed by atoms with Gasteiger partial charge in [0.1, 0.15) is 19.3 Å². The summed E-state index contributed by atoms with van der Waals surface area (Å²) in [6.07, 6.45) is 3.06. The van der Waals surface area contributed by atoms with Crippen LogP contribution in [0, 0.1) is 0 Å². The van der Waals surface area contributed by atoms with Crippen molar-refractivity contribution in [3.05, 3.63) is 36.1 Å². The molecule has 2 heterocycles. The molecule has 2 aliphatic rings. The van der Waals surface area contributed by atoms with Crippen molar-refractivity contribution < 1.29 is 19.0 Å². The van der Waals surface area contributed by atoms with Crippen molar-refractivity contribution in [3.63, 3.8) is 0 Å². The van der Waals surface area contributed by atoms with E-state index in [2.05, 4.69) is 0 Å². The number of hydrogen-bond donors (Lipinski definition) is 0. The molecule has 17 heavy (non-hydrogen) atoms. The van der Waals surface area contributed by atoms with Crippen LogP contribution in [0.25, 0.3) is 0 Å². The quantitative estimate of drug-likeness (QED) is 0.743. The second kappa shape index (κ2) is 4.13. The lowest BCUT2D eigenvalue weighted by Gasteiger charge is -2.22. The number of ketones is 1. The van der Waals surface area contributed by atoms with Gasteiger partial charge in [0.2, 0.25) is 0 Å². The summed E-state index contributed by atoms with van der Waals surface area (Å²) in [4.78, 5) is 11.3. The van der Waals surface area contributed by atoms with Gasteiger partial charge in [0.05, 0.1) is 12.7 Å². The lowest BCUT2D eigenvalue weighted by Crippen LogP contribution is -2.16. The van der Waals surface area contributed by atoms with Crippen LogP contribution in [-0.2, 0) is 9.53 Å². The Balaban J connectivity index is 1.88. The SMILES string of the molecule is O=C1C=COC(c2ccc3c(c2)OCCO3)C1. The number of allylic oxidation sites excluding steroid dienone is 1. The van der Waals surface area contributed by atoms with Crippen LogP contribution in [0.3, 0.4) is 0 Å². The Hall–Kier alpha value is -1.97. The number of rotatable bonds is 1. The van der Waals surface area contributed by atoms with Gasteiger partial charge in [-0.05, 0) is 17.7 Å². The minimum absolute atomic E-state index is 0.0798. The Labute approximate surface area is 98.8 Å². The second-order valence-electron chi connectivity index (χ2n) is 4.00. The van der Waals surface area contributed by atoms with Crippen molar-refractivity contribution in [3.8, 4) is 11.5 Å². The number of carbonyl (C=O) groups excluding carboxylic acids is 1. The lowest BCUT2D eigenvalue weighted by molar-refractivity contribution is -0.118. The maximum atomic E-state index is 11.3. The molecule has 3 rings (SSSR count). The van der Waals surface area contributed by atoms with E-state index in [4.69, 9.17) is 14.2 Å². The summed E-state index contributed by atoms with van der Waals surface area (Å²) in [6, 6.07) is 5.65. The molecule has 0 N–H and O–H groups in total. The molecule has 0 amide bonds. The summed E-state index contributed by atoms with van der Waals surface area (Å²) >= 11 is 0. The molecule has 0 saturated carbocycles. The summed E-state index contributed by atoms with van der Waals surface area (Å²) in [5.74, 6) is 1.55. The Morgan fingerprint density at radius 1 is 1.12 bits per heavy atom. The van der Waals surface area contributed by atoms with Crippen LogP contribution in [0.2, 0.25) is 0 Å². The summed E-state index contributed by atoms with van der Waals surface area (Å²) in [6.45, 7) is 1.13. The molecule has 4 nitrogen and oxygen atoms in total. The third-order valence-electron chi connectivity index (χ3n) is 2.82. The molecule has 0 fully saturated rings. The molecule has 88 valence electrons. The Morgan fingerprint density at radius 2 is 1.94 bits per heavy atom. The number of fused-ring (bicyclic) bond motifs is 1. The molecule has 0 radical (unpaired) electrons. The van der Waals surface area contributed by atoms with E-state index < -0.39 is 0 Å². The molecule has 1 aromatic carbocycles. The van der Waals surface area contributed by atoms with E-state index in [1.807, 2.05) is 18.2 Å². The van der Waals surface area contributed by atoms with E-state index in [0.29, 0.717) is 19.6 Å². The Bertz CT molecular complexity index is 478. The molecule has 4 heteroatoms. The number of hydrogen-bond acceptors (Lipinski definition) is 4. The largest absolute Gasteiger partial charge is 0.493 e. The molecule has 1 atom stereocenters. The predicted molar refractivity (Wildman–Crippen MR) is 60.0 cm³/mol. The maximum Gasteiger partial charge on any atom is 0.162 e. The molecule has 2 aliphatic heterocycles. The van der Waals surface area contributed by atoms with Crippen LogP contribution in [0.5, 0.6) is 11.5 Å². The van der Waals surface area contributed by atoms with Gasteiger partial charge in [0, 0.05) is 6.08 Å². The van der Waals surface area contributed by atoms with Crippen LogP contribution in [-0.4, -0.2) is 19.0 Å². The minimum Gasteiger partial charge on any atom is -0.493 e. The van der Waals surface area contributed by atoms with Crippen molar-refractivity contribution in [2.75, 3.05) is 13.2 Å². The van der Waals surface area contributed by atoms with Crippen molar-refractivity contribution in [2.45, 2.75) is 12.5 Å². The molecule has 0 saturated heterocycles. The average molecular weight is 232 g/mol. The molecule has 0 spiro atoms. The molecular weight excluding hydrogens is 220 g/mol. The van der Waals surface area contributed by atoms with Crippen LogP contribution in [0.15, 0.2) is 30.5 Å². The van der Waals surface area contributed by atoms with Gasteiger partial charge < -0.3 is 14.2 Å². The standard InChI is InChI=1S/C13H12O4/c14-10-3-4-15-12(8-10)9-1-2-11-13(7-9)17-6-5-16-11/h1-4,7,12H,5-6,8H2. The van der Waals surface area contributed by atoms with Gasteiger partial charge in [-0.1, -0.05) is 6.07 Å². The molecule has 0 aliphatic carbocycles. The molecule has 0 aromatic heterocycles. The van der Waals surface area contributed by atoms with Gasteiger partial charge in [-0.15, -0.1) is 0 Å². The minimum atomic E-state index is -0.219. The third kappa shape index (κ3) is 1.98. The molecule has 0 bridgehead atoms. The summed E-state index contributed by atoms with van der Waals surface area (Å²) in [5.41, 5.74) is 0.937. The van der Waals surface area contributed by atoms with E-state index in [-0.39, 0.29) is 11.9 Å². The highest BCUT2D eigenvalue weighted by atomic mass is 16.6. The van der Waals surface area contributed by atoms with Crippen LogP contribution < -0.4 is 9.47 Å². The fourth-order valence-corrected chi connectivity index (χ4v) is 1.97. The van der Waals surface area contributed by atoms with Gasteiger partial charge in [0.25, 0.3) is 0 Å². The number of ether oxygens (including phenoxy) is 3. The van der Waals surface area contributed by atoms with Crippen molar-refractivity contribution in [2.24, 2.45) is 0 Å². The van der Waals surface area contributed by atoms with E-state index in [9.17, 15) is 4.79 Å². The second-order valence-corrected chi connectivity index (χ2v) is 4.00. The first-order valence-electron chi connectivity index (χ1n) is 5.57. The molecule has 1 aromatic rings. The van der Waals surface area contributed by atoms with Gasteiger partial charge >= 0.3 is 0 Å². The summed E-state index contributed by atoms with van der Waals surface area (Å²) < 4.78 is 16.4. The average Bonchev–Trinajstić information content (AvgIpc) is 2.38. The fourth-order valence-electron chi connectivity index (χ4n) is 1.97. The van der Waals surface area contributed by atoms with E-state index in [1.165, 1.54) is 12.3 Å².